The van der Waals surface area contributed by atoms with Gasteiger partial charge in [0.15, 0.2) is 0 Å². The van der Waals surface area contributed by atoms with Gasteiger partial charge in [0.1, 0.15) is 5.70 Å². The van der Waals surface area contributed by atoms with Crippen molar-refractivity contribution in [3.8, 4) is 0 Å². The van der Waals surface area contributed by atoms with Crippen LogP contribution in [0.25, 0.3) is 0 Å². The molecule has 58 valence electrons. The van der Waals surface area contributed by atoms with E-state index >= 15 is 0 Å². The van der Waals surface area contributed by atoms with Crippen molar-refractivity contribution in [2.75, 3.05) is 0 Å². The summed E-state index contributed by atoms with van der Waals surface area (Å²) >= 11 is 0. The molecule has 0 atom stereocenters. The zero-order valence-corrected chi connectivity index (χ0v) is 5.38. The van der Waals surface area contributed by atoms with Crippen LogP contribution in [0.1, 0.15) is 0 Å². The molecule has 0 bridgehead atoms. The van der Waals surface area contributed by atoms with E-state index in [0.29, 0.717) is 0 Å². The van der Waals surface area contributed by atoms with Gasteiger partial charge in [0.05, 0.1) is 0 Å². The molecular formula is C5H5N3O3. The van der Waals surface area contributed by atoms with Crippen molar-refractivity contribution < 1.29 is 14.4 Å². The smallest absolute Gasteiger partial charge is 0.326 e. The maximum atomic E-state index is 10.6. The molecule has 1 saturated heterocycles. The van der Waals surface area contributed by atoms with E-state index in [0.717, 1.165) is 6.08 Å². The summed E-state index contributed by atoms with van der Waals surface area (Å²) in [5.74, 6) is -1.42. The van der Waals surface area contributed by atoms with Gasteiger partial charge in [-0.25, -0.2) is 4.79 Å². The number of carbonyl (C=O) groups excluding carboxylic acids is 3. The molecule has 1 rings (SSSR count). The number of carbonyl (C=O) groups is 3. The van der Waals surface area contributed by atoms with Crippen LogP contribution in [-0.2, 0) is 9.59 Å². The lowest BCUT2D eigenvalue weighted by atomic mass is 10.4. The summed E-state index contributed by atoms with van der Waals surface area (Å²) in [5, 5.41) is 4.00. The number of imide groups is 1. The summed E-state index contributed by atoms with van der Waals surface area (Å²) in [6.45, 7) is 0. The van der Waals surface area contributed by atoms with Crippen LogP contribution in [0.2, 0.25) is 0 Å². The highest BCUT2D eigenvalue weighted by atomic mass is 16.2. The SMILES string of the molecule is NC(=O)C=C1NC(=O)NC1=O. The van der Waals surface area contributed by atoms with Crippen molar-refractivity contribution in [1.29, 1.82) is 0 Å². The van der Waals surface area contributed by atoms with Gasteiger partial charge in [0, 0.05) is 6.08 Å². The van der Waals surface area contributed by atoms with Crippen molar-refractivity contribution in [2.45, 2.75) is 0 Å². The fourth-order valence-electron chi connectivity index (χ4n) is 0.625. The molecule has 1 heterocycles. The minimum Gasteiger partial charge on any atom is -0.366 e. The lowest BCUT2D eigenvalue weighted by Crippen LogP contribution is -2.22. The maximum Gasteiger partial charge on any atom is 0.326 e. The summed E-state index contributed by atoms with van der Waals surface area (Å²) in [6, 6.07) is -0.650. The number of nitrogens with two attached hydrogens (primary N) is 1. The third-order valence-corrected chi connectivity index (χ3v) is 1.01. The van der Waals surface area contributed by atoms with Crippen LogP contribution in [0.4, 0.5) is 4.79 Å². The summed E-state index contributed by atoms with van der Waals surface area (Å²) in [7, 11) is 0. The van der Waals surface area contributed by atoms with Crippen LogP contribution in [0, 0.1) is 0 Å². The fourth-order valence-corrected chi connectivity index (χ4v) is 0.625. The van der Waals surface area contributed by atoms with Crippen molar-refractivity contribution in [2.24, 2.45) is 5.73 Å². The minimum absolute atomic E-state index is 0.123. The quantitative estimate of drug-likeness (QED) is 0.307. The molecule has 6 nitrogen and oxygen atoms in total. The summed E-state index contributed by atoms with van der Waals surface area (Å²) < 4.78 is 0. The summed E-state index contributed by atoms with van der Waals surface area (Å²) in [5.41, 5.74) is 4.61. The molecule has 11 heavy (non-hydrogen) atoms. The molecule has 0 aromatic rings. The van der Waals surface area contributed by atoms with E-state index in [2.05, 4.69) is 5.32 Å². The number of urea groups is 1. The van der Waals surface area contributed by atoms with Gasteiger partial charge in [-0.15, -0.1) is 0 Å². The number of primary amides is 1. The minimum atomic E-state index is -0.780. The Kier molecular flexibility index (Phi) is 1.59. The van der Waals surface area contributed by atoms with E-state index in [9.17, 15) is 14.4 Å². The largest absolute Gasteiger partial charge is 0.366 e. The van der Waals surface area contributed by atoms with Gasteiger partial charge in [-0.05, 0) is 0 Å². The van der Waals surface area contributed by atoms with E-state index < -0.39 is 17.8 Å². The highest BCUT2D eigenvalue weighted by molar-refractivity contribution is 6.14. The second-order valence-electron chi connectivity index (χ2n) is 1.87. The first-order chi connectivity index (χ1) is 5.09. The number of hydrogen-bond acceptors (Lipinski definition) is 3. The van der Waals surface area contributed by atoms with Crippen LogP contribution in [0.5, 0.6) is 0 Å². The molecule has 4 N–H and O–H groups in total. The molecule has 0 saturated carbocycles. The first-order valence-electron chi connectivity index (χ1n) is 2.73. The molecule has 1 fully saturated rings. The molecular weight excluding hydrogens is 150 g/mol. The van der Waals surface area contributed by atoms with Gasteiger partial charge in [-0.1, -0.05) is 0 Å². The van der Waals surface area contributed by atoms with Gasteiger partial charge in [0.2, 0.25) is 5.91 Å². The van der Waals surface area contributed by atoms with Crippen molar-refractivity contribution in [1.82, 2.24) is 10.6 Å². The normalized spacial score (nSPS) is 19.8. The number of hydrogen-bond donors (Lipinski definition) is 3. The van der Waals surface area contributed by atoms with Crippen LogP contribution < -0.4 is 16.4 Å². The molecule has 6 heteroatoms. The summed E-state index contributed by atoms with van der Waals surface area (Å²) in [4.78, 5) is 31.3. The predicted octanol–water partition coefficient (Wildman–Crippen LogP) is -1.81. The highest BCUT2D eigenvalue weighted by Gasteiger charge is 2.22. The Morgan fingerprint density at radius 2 is 2.00 bits per heavy atom. The predicted molar refractivity (Wildman–Crippen MR) is 34.0 cm³/mol. The monoisotopic (exact) mass is 155 g/mol. The molecule has 0 spiro atoms. The Balaban J connectivity index is 2.83. The van der Waals surface area contributed by atoms with Crippen molar-refractivity contribution in [3.63, 3.8) is 0 Å². The zero-order chi connectivity index (χ0) is 8.43. The molecule has 0 unspecified atom stereocenters. The van der Waals surface area contributed by atoms with E-state index in [-0.39, 0.29) is 5.70 Å². The second kappa shape index (κ2) is 2.41. The van der Waals surface area contributed by atoms with Crippen LogP contribution in [-0.4, -0.2) is 17.8 Å². The molecule has 1 aliphatic rings. The molecule has 1 aliphatic heterocycles. The highest BCUT2D eigenvalue weighted by Crippen LogP contribution is 1.95. The lowest BCUT2D eigenvalue weighted by molar-refractivity contribution is -0.117. The van der Waals surface area contributed by atoms with Crippen LogP contribution in [0.15, 0.2) is 11.8 Å². The van der Waals surface area contributed by atoms with Gasteiger partial charge >= 0.3 is 6.03 Å². The lowest BCUT2D eigenvalue weighted by Gasteiger charge is -1.87. The number of rotatable bonds is 1. The zero-order valence-electron chi connectivity index (χ0n) is 5.38. The molecule has 0 aliphatic carbocycles. The first-order valence-corrected chi connectivity index (χ1v) is 2.73. The third-order valence-electron chi connectivity index (χ3n) is 1.01. The Morgan fingerprint density at radius 3 is 2.36 bits per heavy atom. The van der Waals surface area contributed by atoms with E-state index in [1.54, 1.807) is 0 Å². The third kappa shape index (κ3) is 1.54. The standard InChI is InChI=1S/C5H5N3O3/c6-3(9)1-2-4(10)8-5(11)7-2/h1H,(H2,6,9)(H2,7,8,10,11). The average molecular weight is 155 g/mol. The maximum absolute atomic E-state index is 10.6. The first kappa shape index (κ1) is 7.26. The summed E-state index contributed by atoms with van der Waals surface area (Å²) in [6.07, 6.45) is 0.847. The van der Waals surface area contributed by atoms with Crippen LogP contribution >= 0.6 is 0 Å². The van der Waals surface area contributed by atoms with E-state index in [1.165, 1.54) is 0 Å². The van der Waals surface area contributed by atoms with E-state index in [1.807, 2.05) is 5.32 Å². The molecule has 0 radical (unpaired) electrons. The Morgan fingerprint density at radius 1 is 1.36 bits per heavy atom. The molecule has 4 amide bonds. The fraction of sp³-hybridized carbons (Fsp3) is 0. The van der Waals surface area contributed by atoms with Gasteiger partial charge < -0.3 is 11.1 Å². The van der Waals surface area contributed by atoms with Gasteiger partial charge in [-0.3, -0.25) is 14.9 Å². The van der Waals surface area contributed by atoms with Crippen LogP contribution in [0.3, 0.4) is 0 Å². The van der Waals surface area contributed by atoms with E-state index in [4.69, 9.17) is 5.73 Å². The van der Waals surface area contributed by atoms with Crippen molar-refractivity contribution in [3.05, 3.63) is 11.8 Å². The topological polar surface area (TPSA) is 101 Å². The Labute approximate surface area is 61.4 Å². The Hall–Kier alpha value is -1.85. The number of nitrogens with one attached hydrogen (secondary N) is 2. The van der Waals surface area contributed by atoms with Gasteiger partial charge in [0.25, 0.3) is 5.91 Å². The molecule has 0 aromatic heterocycles. The second-order valence-corrected chi connectivity index (χ2v) is 1.87. The Bertz CT molecular complexity index is 268. The van der Waals surface area contributed by atoms with Crippen molar-refractivity contribution >= 4 is 17.8 Å². The number of amides is 4. The average Bonchev–Trinajstić information content (AvgIpc) is 2.09. The van der Waals surface area contributed by atoms with Gasteiger partial charge in [-0.2, -0.15) is 0 Å². The molecule has 0 aromatic carbocycles.